The number of hydrogen-bond acceptors (Lipinski definition) is 4. The van der Waals surface area contributed by atoms with Crippen molar-refractivity contribution in [2.75, 3.05) is 11.9 Å². The van der Waals surface area contributed by atoms with E-state index in [2.05, 4.69) is 127 Å². The van der Waals surface area contributed by atoms with Gasteiger partial charge in [0.15, 0.2) is 11.5 Å². The SMILES string of the molecule is CN(c1nc(-c2ccccc2)c(-c2ccccc2)o1)C1(OCc2cc3ccccc3c3ccc4ccccc4c23)CCCc2ccccc21. The molecule has 9 rings (SSSR count). The van der Waals surface area contributed by atoms with Crippen molar-refractivity contribution in [2.45, 2.75) is 31.6 Å². The first-order valence-electron chi connectivity index (χ1n) is 17.1. The van der Waals surface area contributed by atoms with Crippen LogP contribution in [0.25, 0.3) is 54.9 Å². The molecule has 4 nitrogen and oxygen atoms in total. The number of aromatic nitrogens is 1. The molecule has 8 aromatic rings. The van der Waals surface area contributed by atoms with Crippen molar-refractivity contribution in [3.05, 3.63) is 168 Å². The fourth-order valence-electron chi connectivity index (χ4n) is 7.83. The summed E-state index contributed by atoms with van der Waals surface area (Å²) >= 11 is 0. The molecule has 4 heteroatoms. The highest BCUT2D eigenvalue weighted by molar-refractivity contribution is 6.18. The van der Waals surface area contributed by atoms with Gasteiger partial charge in [0.05, 0.1) is 6.61 Å². The molecular weight excluding hydrogens is 601 g/mol. The summed E-state index contributed by atoms with van der Waals surface area (Å²) in [5.74, 6) is 0.750. The van der Waals surface area contributed by atoms with Crippen LogP contribution in [0.5, 0.6) is 0 Å². The van der Waals surface area contributed by atoms with Crippen LogP contribution in [0.3, 0.4) is 0 Å². The second-order valence-electron chi connectivity index (χ2n) is 13.0. The van der Waals surface area contributed by atoms with Gasteiger partial charge in [0, 0.05) is 30.2 Å². The summed E-state index contributed by atoms with van der Waals surface area (Å²) in [5.41, 5.74) is 5.65. The molecular formula is C45H36N2O2. The van der Waals surface area contributed by atoms with Gasteiger partial charge in [-0.2, -0.15) is 4.98 Å². The van der Waals surface area contributed by atoms with Gasteiger partial charge in [0.2, 0.25) is 0 Å². The van der Waals surface area contributed by atoms with Gasteiger partial charge in [-0.25, -0.2) is 0 Å². The smallest absolute Gasteiger partial charge is 0.300 e. The third-order valence-corrected chi connectivity index (χ3v) is 10.2. The van der Waals surface area contributed by atoms with Crippen molar-refractivity contribution < 1.29 is 9.15 Å². The predicted octanol–water partition coefficient (Wildman–Crippen LogP) is 11.3. The summed E-state index contributed by atoms with van der Waals surface area (Å²) < 4.78 is 14.2. The molecule has 0 spiro atoms. The van der Waals surface area contributed by atoms with Crippen LogP contribution in [0.2, 0.25) is 0 Å². The van der Waals surface area contributed by atoms with E-state index in [0.717, 1.165) is 41.8 Å². The number of hydrogen-bond donors (Lipinski definition) is 0. The highest BCUT2D eigenvalue weighted by atomic mass is 16.5. The summed E-state index contributed by atoms with van der Waals surface area (Å²) in [5, 5.41) is 7.42. The Morgan fingerprint density at radius 2 is 1.35 bits per heavy atom. The lowest BCUT2D eigenvalue weighted by Crippen LogP contribution is -2.48. The predicted molar refractivity (Wildman–Crippen MR) is 201 cm³/mol. The molecule has 0 aliphatic heterocycles. The number of nitrogens with zero attached hydrogens (tertiary/aromatic N) is 2. The molecule has 1 aliphatic rings. The molecule has 1 heterocycles. The van der Waals surface area contributed by atoms with Crippen LogP contribution in [0.1, 0.15) is 29.5 Å². The molecule has 0 bridgehead atoms. The van der Waals surface area contributed by atoms with E-state index < -0.39 is 5.72 Å². The van der Waals surface area contributed by atoms with Gasteiger partial charge in [-0.3, -0.25) is 4.90 Å². The minimum absolute atomic E-state index is 0.422. The van der Waals surface area contributed by atoms with Crippen LogP contribution in [-0.2, 0) is 23.5 Å². The molecule has 238 valence electrons. The number of aryl methyl sites for hydroxylation is 1. The van der Waals surface area contributed by atoms with E-state index in [1.54, 1.807) is 0 Å². The first-order valence-corrected chi connectivity index (χ1v) is 17.1. The average molecular weight is 637 g/mol. The number of benzene rings is 7. The summed E-state index contributed by atoms with van der Waals surface area (Å²) in [6.07, 6.45) is 2.80. The summed E-state index contributed by atoms with van der Waals surface area (Å²) in [7, 11) is 2.07. The van der Waals surface area contributed by atoms with Gasteiger partial charge in [0.25, 0.3) is 0 Å². The summed E-state index contributed by atoms with van der Waals surface area (Å²) in [6.45, 7) is 0.422. The van der Waals surface area contributed by atoms with E-state index >= 15 is 0 Å². The van der Waals surface area contributed by atoms with Crippen molar-refractivity contribution in [2.24, 2.45) is 0 Å². The molecule has 1 aromatic heterocycles. The Morgan fingerprint density at radius 1 is 0.673 bits per heavy atom. The van der Waals surface area contributed by atoms with E-state index in [1.807, 2.05) is 36.4 Å². The molecule has 0 saturated heterocycles. The van der Waals surface area contributed by atoms with Crippen molar-refractivity contribution in [3.8, 4) is 22.6 Å². The van der Waals surface area contributed by atoms with Crippen molar-refractivity contribution >= 4 is 38.3 Å². The maximum atomic E-state index is 7.39. The van der Waals surface area contributed by atoms with Gasteiger partial charge in [0.1, 0.15) is 5.69 Å². The highest BCUT2D eigenvalue weighted by Gasteiger charge is 2.44. The zero-order valence-corrected chi connectivity index (χ0v) is 27.5. The van der Waals surface area contributed by atoms with Crippen LogP contribution in [-0.4, -0.2) is 12.0 Å². The zero-order chi connectivity index (χ0) is 32.8. The van der Waals surface area contributed by atoms with Crippen LogP contribution in [0.4, 0.5) is 6.01 Å². The van der Waals surface area contributed by atoms with Crippen molar-refractivity contribution in [1.29, 1.82) is 0 Å². The Hall–Kier alpha value is -5.71. The van der Waals surface area contributed by atoms with E-state index in [-0.39, 0.29) is 0 Å². The topological polar surface area (TPSA) is 38.5 Å². The van der Waals surface area contributed by atoms with Crippen LogP contribution in [0, 0.1) is 0 Å². The molecule has 7 aromatic carbocycles. The lowest BCUT2D eigenvalue weighted by atomic mass is 9.83. The lowest BCUT2D eigenvalue weighted by molar-refractivity contribution is -0.0745. The van der Waals surface area contributed by atoms with E-state index in [9.17, 15) is 0 Å². The Bertz CT molecular complexity index is 2390. The van der Waals surface area contributed by atoms with Crippen LogP contribution < -0.4 is 4.90 Å². The number of ether oxygens (including phenoxy) is 1. The highest BCUT2D eigenvalue weighted by Crippen LogP contribution is 2.46. The minimum atomic E-state index is -0.801. The number of fused-ring (bicyclic) bond motifs is 6. The largest absolute Gasteiger partial charge is 0.423 e. The van der Waals surface area contributed by atoms with Gasteiger partial charge in [-0.1, -0.05) is 146 Å². The van der Waals surface area contributed by atoms with E-state index in [0.29, 0.717) is 12.6 Å². The van der Waals surface area contributed by atoms with Crippen LogP contribution >= 0.6 is 0 Å². The quantitative estimate of drug-likeness (QED) is 0.129. The van der Waals surface area contributed by atoms with Gasteiger partial charge >= 0.3 is 6.01 Å². The Balaban J connectivity index is 1.21. The molecule has 0 amide bonds. The maximum absolute atomic E-state index is 7.39. The molecule has 0 saturated carbocycles. The van der Waals surface area contributed by atoms with Gasteiger partial charge in [-0.05, 0) is 62.4 Å². The average Bonchev–Trinajstić information content (AvgIpc) is 3.63. The third kappa shape index (κ3) is 4.99. The summed E-state index contributed by atoms with van der Waals surface area (Å²) in [4.78, 5) is 7.36. The molecule has 1 atom stereocenters. The zero-order valence-electron chi connectivity index (χ0n) is 27.5. The number of anilines is 1. The second kappa shape index (κ2) is 12.1. The molecule has 1 unspecified atom stereocenters. The lowest BCUT2D eigenvalue weighted by Gasteiger charge is -2.44. The van der Waals surface area contributed by atoms with Crippen LogP contribution in [0.15, 0.2) is 156 Å². The molecule has 0 N–H and O–H groups in total. The van der Waals surface area contributed by atoms with Gasteiger partial charge < -0.3 is 9.15 Å². The monoisotopic (exact) mass is 636 g/mol. The first kappa shape index (κ1) is 29.4. The second-order valence-corrected chi connectivity index (χ2v) is 13.0. The number of rotatable bonds is 7. The normalized spacial score (nSPS) is 15.9. The standard InChI is InChI=1S/C45H36N2O2/c1-47(44-46-42(33-17-4-2-5-18-33)43(49-44)34-19-6-3-7-20-34)45(28-14-22-32-16-10-13-25-40(32)45)48-30-36-29-35-21-9-11-23-37(35)39-27-26-31-15-8-12-24-38(31)41(36)39/h2-13,15-21,23-27,29H,14,22,28,30H2,1H3. The van der Waals surface area contributed by atoms with E-state index in [4.69, 9.17) is 14.1 Å². The molecule has 0 fully saturated rings. The van der Waals surface area contributed by atoms with Crippen molar-refractivity contribution in [3.63, 3.8) is 0 Å². The maximum Gasteiger partial charge on any atom is 0.300 e. The van der Waals surface area contributed by atoms with Gasteiger partial charge in [-0.15, -0.1) is 0 Å². The van der Waals surface area contributed by atoms with Crippen molar-refractivity contribution in [1.82, 2.24) is 4.98 Å². The molecule has 0 radical (unpaired) electrons. The Labute approximate surface area is 286 Å². The molecule has 49 heavy (non-hydrogen) atoms. The molecule has 1 aliphatic carbocycles. The Morgan fingerprint density at radius 3 is 2.16 bits per heavy atom. The minimum Gasteiger partial charge on any atom is -0.423 e. The van der Waals surface area contributed by atoms with E-state index in [1.165, 1.54) is 49.0 Å². The fraction of sp³-hybridized carbons (Fsp3) is 0.133. The third-order valence-electron chi connectivity index (χ3n) is 10.2. The summed E-state index contributed by atoms with van der Waals surface area (Å²) in [6, 6.07) is 53.9. The fourth-order valence-corrected chi connectivity index (χ4v) is 7.83. The first-order chi connectivity index (χ1) is 24.2. The Kier molecular flexibility index (Phi) is 7.25. The number of oxazole rings is 1.